The molecule has 4 nitrogen and oxygen atoms in total. The molecule has 0 heterocycles. The van der Waals surface area contributed by atoms with Crippen LogP contribution in [0.25, 0.3) is 0 Å². The van der Waals surface area contributed by atoms with Gasteiger partial charge in [0.1, 0.15) is 11.5 Å². The third kappa shape index (κ3) is 2.34. The zero-order valence-electron chi connectivity index (χ0n) is 7.70. The Morgan fingerprint density at radius 1 is 1.31 bits per heavy atom. The molecular weight excluding hydrogens is 170 g/mol. The van der Waals surface area contributed by atoms with E-state index in [0.717, 1.165) is 11.3 Å². The van der Waals surface area contributed by atoms with Gasteiger partial charge in [-0.05, 0) is 6.07 Å². The van der Waals surface area contributed by atoms with Gasteiger partial charge in [-0.3, -0.25) is 0 Å². The summed E-state index contributed by atoms with van der Waals surface area (Å²) in [6.45, 7) is 0.354. The standard InChI is InChI=1S/C9H13NO3/c1-12-8-4-3-7(6-10-11)9(5-8)13-2/h3-5,10-11H,6H2,1-2H3. The molecule has 1 rings (SSSR count). The highest BCUT2D eigenvalue weighted by Gasteiger charge is 2.03. The van der Waals surface area contributed by atoms with Crippen LogP contribution in [0.5, 0.6) is 11.5 Å². The summed E-state index contributed by atoms with van der Waals surface area (Å²) < 4.78 is 10.1. The maximum Gasteiger partial charge on any atom is 0.127 e. The first-order chi connectivity index (χ1) is 6.31. The first-order valence-electron chi connectivity index (χ1n) is 3.89. The number of methoxy groups -OCH3 is 2. The summed E-state index contributed by atoms with van der Waals surface area (Å²) in [5, 5.41) is 8.53. The summed E-state index contributed by atoms with van der Waals surface area (Å²) >= 11 is 0. The Balaban J connectivity index is 2.93. The van der Waals surface area contributed by atoms with Gasteiger partial charge >= 0.3 is 0 Å². The monoisotopic (exact) mass is 183 g/mol. The molecule has 0 saturated carbocycles. The first-order valence-corrected chi connectivity index (χ1v) is 3.89. The third-order valence-corrected chi connectivity index (χ3v) is 1.76. The molecule has 0 saturated heterocycles. The second-order valence-electron chi connectivity index (χ2n) is 2.51. The van der Waals surface area contributed by atoms with Crippen LogP contribution in [0.15, 0.2) is 18.2 Å². The van der Waals surface area contributed by atoms with Crippen molar-refractivity contribution in [3.8, 4) is 11.5 Å². The molecule has 0 radical (unpaired) electrons. The Morgan fingerprint density at radius 2 is 2.08 bits per heavy atom. The van der Waals surface area contributed by atoms with E-state index < -0.39 is 0 Å². The predicted octanol–water partition coefficient (Wildman–Crippen LogP) is 1.18. The van der Waals surface area contributed by atoms with Gasteiger partial charge in [0.25, 0.3) is 0 Å². The number of rotatable bonds is 4. The molecule has 1 aromatic carbocycles. The van der Waals surface area contributed by atoms with Gasteiger partial charge < -0.3 is 14.7 Å². The van der Waals surface area contributed by atoms with Crippen molar-refractivity contribution in [2.75, 3.05) is 14.2 Å². The van der Waals surface area contributed by atoms with E-state index >= 15 is 0 Å². The molecule has 72 valence electrons. The van der Waals surface area contributed by atoms with Crippen LogP contribution in [-0.2, 0) is 6.54 Å². The zero-order chi connectivity index (χ0) is 9.68. The highest BCUT2D eigenvalue weighted by molar-refractivity contribution is 5.40. The number of hydrogen-bond acceptors (Lipinski definition) is 4. The van der Waals surface area contributed by atoms with E-state index in [1.807, 2.05) is 12.1 Å². The summed E-state index contributed by atoms with van der Waals surface area (Å²) in [6, 6.07) is 5.42. The number of hydrogen-bond donors (Lipinski definition) is 2. The molecule has 0 spiro atoms. The Morgan fingerprint density at radius 3 is 2.62 bits per heavy atom. The van der Waals surface area contributed by atoms with Crippen molar-refractivity contribution in [1.82, 2.24) is 5.48 Å². The topological polar surface area (TPSA) is 50.7 Å². The molecule has 0 bridgehead atoms. The fourth-order valence-electron chi connectivity index (χ4n) is 1.08. The van der Waals surface area contributed by atoms with Crippen LogP contribution < -0.4 is 15.0 Å². The van der Waals surface area contributed by atoms with Gasteiger partial charge in [-0.1, -0.05) is 6.07 Å². The molecule has 1 aromatic rings. The maximum absolute atomic E-state index is 8.53. The quantitative estimate of drug-likeness (QED) is 0.688. The summed E-state index contributed by atoms with van der Waals surface area (Å²) in [4.78, 5) is 0. The van der Waals surface area contributed by atoms with Crippen molar-refractivity contribution in [3.05, 3.63) is 23.8 Å². The van der Waals surface area contributed by atoms with Crippen LogP contribution in [0.4, 0.5) is 0 Å². The van der Waals surface area contributed by atoms with Crippen LogP contribution in [0.1, 0.15) is 5.56 Å². The van der Waals surface area contributed by atoms with Gasteiger partial charge in [-0.2, -0.15) is 0 Å². The molecule has 0 atom stereocenters. The maximum atomic E-state index is 8.53. The minimum Gasteiger partial charge on any atom is -0.497 e. The van der Waals surface area contributed by atoms with Gasteiger partial charge in [0.2, 0.25) is 0 Å². The number of ether oxygens (including phenoxy) is 2. The SMILES string of the molecule is COc1ccc(CNO)c(OC)c1. The minimum atomic E-state index is 0.354. The van der Waals surface area contributed by atoms with Crippen molar-refractivity contribution in [2.45, 2.75) is 6.54 Å². The van der Waals surface area contributed by atoms with Crippen molar-refractivity contribution in [1.29, 1.82) is 0 Å². The smallest absolute Gasteiger partial charge is 0.127 e. The second kappa shape index (κ2) is 4.69. The second-order valence-corrected chi connectivity index (χ2v) is 2.51. The average molecular weight is 183 g/mol. The van der Waals surface area contributed by atoms with E-state index in [9.17, 15) is 0 Å². The molecule has 0 fully saturated rings. The average Bonchev–Trinajstić information content (AvgIpc) is 2.19. The highest BCUT2D eigenvalue weighted by Crippen LogP contribution is 2.24. The Bertz CT molecular complexity index is 276. The molecule has 0 aromatic heterocycles. The van der Waals surface area contributed by atoms with E-state index in [4.69, 9.17) is 14.7 Å². The van der Waals surface area contributed by atoms with Gasteiger partial charge in [-0.15, -0.1) is 0 Å². The first kappa shape index (κ1) is 9.83. The Hall–Kier alpha value is -1.26. The lowest BCUT2D eigenvalue weighted by Gasteiger charge is -2.08. The van der Waals surface area contributed by atoms with Crippen LogP contribution >= 0.6 is 0 Å². The Kier molecular flexibility index (Phi) is 3.54. The summed E-state index contributed by atoms with van der Waals surface area (Å²) in [5.41, 5.74) is 2.96. The lowest BCUT2D eigenvalue weighted by atomic mass is 10.2. The van der Waals surface area contributed by atoms with E-state index in [2.05, 4.69) is 5.48 Å². The van der Waals surface area contributed by atoms with E-state index in [0.29, 0.717) is 12.3 Å². The molecule has 0 aliphatic heterocycles. The largest absolute Gasteiger partial charge is 0.497 e. The fraction of sp³-hybridized carbons (Fsp3) is 0.333. The molecule has 0 unspecified atom stereocenters. The van der Waals surface area contributed by atoms with Crippen LogP contribution in [0, 0.1) is 0 Å². The highest BCUT2D eigenvalue weighted by atomic mass is 16.5. The molecule has 0 aliphatic rings. The van der Waals surface area contributed by atoms with E-state index in [-0.39, 0.29) is 0 Å². The molecule has 2 N–H and O–H groups in total. The normalized spacial score (nSPS) is 9.77. The van der Waals surface area contributed by atoms with Gasteiger partial charge in [0, 0.05) is 18.2 Å². The third-order valence-electron chi connectivity index (χ3n) is 1.76. The van der Waals surface area contributed by atoms with Gasteiger partial charge in [0.15, 0.2) is 0 Å². The van der Waals surface area contributed by atoms with Crippen LogP contribution in [-0.4, -0.2) is 19.4 Å². The molecular formula is C9H13NO3. The zero-order valence-corrected chi connectivity index (χ0v) is 7.70. The van der Waals surface area contributed by atoms with Gasteiger partial charge in [-0.25, -0.2) is 5.48 Å². The molecule has 4 heteroatoms. The summed E-state index contributed by atoms with van der Waals surface area (Å²) in [5.74, 6) is 1.43. The lowest BCUT2D eigenvalue weighted by Crippen LogP contribution is -2.07. The number of nitrogens with one attached hydrogen (secondary N) is 1. The molecule has 13 heavy (non-hydrogen) atoms. The predicted molar refractivity (Wildman–Crippen MR) is 48.2 cm³/mol. The minimum absolute atomic E-state index is 0.354. The molecule has 0 amide bonds. The van der Waals surface area contributed by atoms with Crippen molar-refractivity contribution < 1.29 is 14.7 Å². The van der Waals surface area contributed by atoms with Crippen molar-refractivity contribution in [3.63, 3.8) is 0 Å². The summed E-state index contributed by atoms with van der Waals surface area (Å²) in [6.07, 6.45) is 0. The fourth-order valence-corrected chi connectivity index (χ4v) is 1.08. The van der Waals surface area contributed by atoms with Crippen LogP contribution in [0.3, 0.4) is 0 Å². The van der Waals surface area contributed by atoms with Crippen molar-refractivity contribution >= 4 is 0 Å². The lowest BCUT2D eigenvalue weighted by molar-refractivity contribution is 0.160. The number of benzene rings is 1. The summed E-state index contributed by atoms with van der Waals surface area (Å²) in [7, 11) is 3.17. The van der Waals surface area contributed by atoms with Crippen molar-refractivity contribution in [2.24, 2.45) is 0 Å². The van der Waals surface area contributed by atoms with Gasteiger partial charge in [0.05, 0.1) is 14.2 Å². The van der Waals surface area contributed by atoms with E-state index in [1.165, 1.54) is 0 Å². The Labute approximate surface area is 77.1 Å². The van der Waals surface area contributed by atoms with E-state index in [1.54, 1.807) is 20.3 Å². The molecule has 0 aliphatic carbocycles. The number of hydroxylamine groups is 1. The van der Waals surface area contributed by atoms with Crippen LogP contribution in [0.2, 0.25) is 0 Å².